The molecule has 3 aromatic rings. The molecule has 1 fully saturated rings. The minimum Gasteiger partial charge on any atom is -0.443 e. The van der Waals surface area contributed by atoms with Crippen molar-refractivity contribution in [1.29, 1.82) is 5.41 Å². The van der Waals surface area contributed by atoms with Crippen molar-refractivity contribution in [3.63, 3.8) is 0 Å². The van der Waals surface area contributed by atoms with Crippen LogP contribution in [0.15, 0.2) is 71.6 Å². The number of hydrogen-bond donors (Lipinski definition) is 3. The number of carbonyl (C=O) groups is 1. The van der Waals surface area contributed by atoms with Crippen molar-refractivity contribution in [3.05, 3.63) is 72.3 Å². The number of ether oxygens (including phenoxy) is 1. The van der Waals surface area contributed by atoms with E-state index in [2.05, 4.69) is 4.72 Å². The quantitative estimate of drug-likeness (QED) is 0.414. The molecule has 0 spiro atoms. The van der Waals surface area contributed by atoms with Gasteiger partial charge < -0.3 is 10.5 Å². The number of carbonyl (C=O) groups excluding carboxylic acids is 1. The van der Waals surface area contributed by atoms with Crippen LogP contribution in [0, 0.1) is 5.41 Å². The Balaban J connectivity index is 1.43. The van der Waals surface area contributed by atoms with Gasteiger partial charge in [-0.1, -0.05) is 30.3 Å². The summed E-state index contributed by atoms with van der Waals surface area (Å²) in [5.41, 5.74) is 6.57. The summed E-state index contributed by atoms with van der Waals surface area (Å²) < 4.78 is 33.2. The number of nitrogens with two attached hydrogens (primary N) is 1. The molecule has 0 radical (unpaired) electrons. The van der Waals surface area contributed by atoms with E-state index in [-0.39, 0.29) is 23.8 Å². The number of benzene rings is 3. The number of amides is 1. The summed E-state index contributed by atoms with van der Waals surface area (Å²) >= 11 is 0. The van der Waals surface area contributed by atoms with E-state index in [1.54, 1.807) is 42.5 Å². The summed E-state index contributed by atoms with van der Waals surface area (Å²) in [4.78, 5) is 13.8. The molecule has 0 saturated carbocycles. The van der Waals surface area contributed by atoms with Gasteiger partial charge in [-0.3, -0.25) is 10.3 Å². The molecule has 1 unspecified atom stereocenters. The van der Waals surface area contributed by atoms with Crippen LogP contribution in [-0.4, -0.2) is 39.5 Å². The van der Waals surface area contributed by atoms with E-state index in [1.165, 1.54) is 4.90 Å². The fraction of sp³-hybridized carbons (Fsp3) is 0.143. The van der Waals surface area contributed by atoms with E-state index < -0.39 is 22.2 Å². The summed E-state index contributed by atoms with van der Waals surface area (Å²) in [7, 11) is -3.75. The molecule has 1 aliphatic heterocycles. The van der Waals surface area contributed by atoms with Crippen LogP contribution in [0.5, 0.6) is 0 Å². The Labute approximate surface area is 173 Å². The predicted molar refractivity (Wildman–Crippen MR) is 114 cm³/mol. The summed E-state index contributed by atoms with van der Waals surface area (Å²) in [6, 6.07) is 19.0. The highest BCUT2D eigenvalue weighted by atomic mass is 32.2. The average molecular weight is 424 g/mol. The van der Waals surface area contributed by atoms with Crippen molar-refractivity contribution in [1.82, 2.24) is 4.72 Å². The highest BCUT2D eigenvalue weighted by Gasteiger charge is 2.33. The lowest BCUT2D eigenvalue weighted by molar-refractivity contribution is 0.143. The van der Waals surface area contributed by atoms with E-state index in [4.69, 9.17) is 15.9 Å². The Morgan fingerprint density at radius 1 is 1.10 bits per heavy atom. The first kappa shape index (κ1) is 19.9. The largest absolute Gasteiger partial charge is 0.443 e. The van der Waals surface area contributed by atoms with Crippen LogP contribution < -0.4 is 15.4 Å². The van der Waals surface area contributed by atoms with Crippen molar-refractivity contribution in [3.8, 4) is 0 Å². The molecule has 4 N–H and O–H groups in total. The number of rotatable bonds is 6. The van der Waals surface area contributed by atoms with Crippen LogP contribution in [0.2, 0.25) is 0 Å². The van der Waals surface area contributed by atoms with Crippen LogP contribution in [-0.2, 0) is 14.8 Å². The number of nitrogen functional groups attached to an aromatic ring is 1. The molecule has 154 valence electrons. The van der Waals surface area contributed by atoms with Crippen molar-refractivity contribution in [2.75, 3.05) is 18.0 Å². The minimum atomic E-state index is -3.75. The second-order valence-corrected chi connectivity index (χ2v) is 8.70. The fourth-order valence-corrected chi connectivity index (χ4v) is 4.38. The molecule has 1 amide bonds. The van der Waals surface area contributed by atoms with Gasteiger partial charge in [-0.15, -0.1) is 0 Å². The smallest absolute Gasteiger partial charge is 0.414 e. The fourth-order valence-electron chi connectivity index (χ4n) is 3.28. The molecule has 1 atom stereocenters. The van der Waals surface area contributed by atoms with Gasteiger partial charge in [0, 0.05) is 17.8 Å². The third kappa shape index (κ3) is 3.98. The second-order valence-electron chi connectivity index (χ2n) is 6.94. The minimum absolute atomic E-state index is 0.0388. The molecule has 3 aromatic carbocycles. The van der Waals surface area contributed by atoms with Gasteiger partial charge in [0.2, 0.25) is 10.0 Å². The van der Waals surface area contributed by atoms with Gasteiger partial charge in [-0.25, -0.2) is 17.9 Å². The summed E-state index contributed by atoms with van der Waals surface area (Å²) in [5, 5.41) is 9.20. The molecule has 0 aliphatic carbocycles. The maximum absolute atomic E-state index is 12.7. The highest BCUT2D eigenvalue weighted by Crippen LogP contribution is 2.23. The standard InChI is InChI=1S/C21H20N4O4S/c22-20(23)15-5-8-17(9-6-15)25-13-18(29-21(25)26)12-24-30(27,28)19-10-7-14-3-1-2-4-16(14)11-19/h1-11,18,24H,12-13H2,(H3,22,23). The summed E-state index contributed by atoms with van der Waals surface area (Å²) in [6.07, 6.45) is -1.18. The predicted octanol–water partition coefficient (Wildman–Crippen LogP) is 2.43. The Morgan fingerprint density at radius 3 is 2.50 bits per heavy atom. The van der Waals surface area contributed by atoms with E-state index in [0.29, 0.717) is 11.3 Å². The number of hydrogen-bond acceptors (Lipinski definition) is 5. The topological polar surface area (TPSA) is 126 Å². The molecule has 0 bridgehead atoms. The zero-order valence-corrected chi connectivity index (χ0v) is 16.7. The van der Waals surface area contributed by atoms with Crippen molar-refractivity contribution >= 4 is 38.4 Å². The molecule has 1 saturated heterocycles. The Kier molecular flexibility index (Phi) is 5.15. The van der Waals surface area contributed by atoms with E-state index in [9.17, 15) is 13.2 Å². The van der Waals surface area contributed by atoms with Crippen LogP contribution in [0.25, 0.3) is 10.8 Å². The lowest BCUT2D eigenvalue weighted by atomic mass is 10.1. The first-order chi connectivity index (χ1) is 14.3. The van der Waals surface area contributed by atoms with E-state index in [1.807, 2.05) is 24.3 Å². The zero-order chi connectivity index (χ0) is 21.3. The van der Waals surface area contributed by atoms with Gasteiger partial charge in [0.05, 0.1) is 11.4 Å². The molecule has 1 heterocycles. The number of anilines is 1. The summed E-state index contributed by atoms with van der Waals surface area (Å²) in [5.74, 6) is -0.0634. The molecule has 8 nitrogen and oxygen atoms in total. The lowest BCUT2D eigenvalue weighted by Gasteiger charge is -2.14. The van der Waals surface area contributed by atoms with Gasteiger partial charge >= 0.3 is 6.09 Å². The first-order valence-electron chi connectivity index (χ1n) is 9.24. The van der Waals surface area contributed by atoms with Crippen LogP contribution in [0.3, 0.4) is 0 Å². The van der Waals surface area contributed by atoms with Gasteiger partial charge in [0.15, 0.2) is 0 Å². The SMILES string of the molecule is N=C(N)c1ccc(N2CC(CNS(=O)(=O)c3ccc4ccccc4c3)OC2=O)cc1. The Hall–Kier alpha value is -3.43. The lowest BCUT2D eigenvalue weighted by Crippen LogP contribution is -2.34. The maximum Gasteiger partial charge on any atom is 0.414 e. The molecular weight excluding hydrogens is 404 g/mol. The van der Waals surface area contributed by atoms with Crippen molar-refractivity contribution in [2.45, 2.75) is 11.0 Å². The molecule has 30 heavy (non-hydrogen) atoms. The molecule has 0 aromatic heterocycles. The van der Waals surface area contributed by atoms with Crippen LogP contribution >= 0.6 is 0 Å². The number of cyclic esters (lactones) is 1. The Bertz CT molecular complexity index is 1230. The number of nitrogens with one attached hydrogen (secondary N) is 2. The van der Waals surface area contributed by atoms with E-state index >= 15 is 0 Å². The summed E-state index contributed by atoms with van der Waals surface area (Å²) in [6.45, 7) is 0.168. The molecule has 1 aliphatic rings. The Morgan fingerprint density at radius 2 is 1.80 bits per heavy atom. The zero-order valence-electron chi connectivity index (χ0n) is 15.9. The number of fused-ring (bicyclic) bond motifs is 1. The monoisotopic (exact) mass is 424 g/mol. The normalized spacial score (nSPS) is 16.6. The maximum atomic E-state index is 12.7. The van der Waals surface area contributed by atoms with Gasteiger partial charge in [0.25, 0.3) is 0 Å². The van der Waals surface area contributed by atoms with Crippen LogP contribution in [0.4, 0.5) is 10.5 Å². The molecular formula is C21H20N4O4S. The second kappa shape index (κ2) is 7.77. The van der Waals surface area contributed by atoms with Crippen LogP contribution in [0.1, 0.15) is 5.56 Å². The first-order valence-corrected chi connectivity index (χ1v) is 10.7. The highest BCUT2D eigenvalue weighted by molar-refractivity contribution is 7.89. The van der Waals surface area contributed by atoms with Gasteiger partial charge in [0.1, 0.15) is 11.9 Å². The van der Waals surface area contributed by atoms with Gasteiger partial charge in [-0.2, -0.15) is 0 Å². The molecule has 9 heteroatoms. The third-order valence-electron chi connectivity index (χ3n) is 4.90. The van der Waals surface area contributed by atoms with E-state index in [0.717, 1.165) is 10.8 Å². The third-order valence-corrected chi connectivity index (χ3v) is 6.32. The number of sulfonamides is 1. The number of nitrogens with zero attached hydrogens (tertiary/aromatic N) is 1. The van der Waals surface area contributed by atoms with Crippen molar-refractivity contribution in [2.24, 2.45) is 5.73 Å². The van der Waals surface area contributed by atoms with Gasteiger partial charge in [-0.05, 0) is 47.2 Å². The average Bonchev–Trinajstić information content (AvgIpc) is 3.12. The van der Waals surface area contributed by atoms with Crippen molar-refractivity contribution < 1.29 is 17.9 Å². The molecule has 4 rings (SSSR count). The number of amidine groups is 1.